The van der Waals surface area contributed by atoms with Crippen LogP contribution in [-0.4, -0.2) is 11.2 Å². The van der Waals surface area contributed by atoms with E-state index in [1.165, 1.54) is 0 Å². The van der Waals surface area contributed by atoms with Gasteiger partial charge < -0.3 is 5.11 Å². The number of para-hydroxylation sites is 1. The Balaban J connectivity index is 0.00000162. The summed E-state index contributed by atoms with van der Waals surface area (Å²) >= 11 is 0. The molecule has 0 spiro atoms. The number of hydrogen-bond acceptors (Lipinski definition) is 1. The molecular formula is C14H14NO2+. The number of benzene rings is 2. The Labute approximate surface area is 101 Å². The number of carbonyl (C=O) groups is 1. The Kier molecular flexibility index (Phi) is 3.40. The first kappa shape index (κ1) is 11.2. The lowest BCUT2D eigenvalue weighted by Gasteiger charge is -2.08. The highest BCUT2D eigenvalue weighted by molar-refractivity contribution is 5.84. The molecule has 0 fully saturated rings. The van der Waals surface area contributed by atoms with Gasteiger partial charge in [0, 0.05) is 5.69 Å². The molecule has 2 rings (SSSR count). The normalized spacial score (nSPS) is 9.88. The van der Waals surface area contributed by atoms with Crippen LogP contribution in [0.3, 0.4) is 0 Å². The van der Waals surface area contributed by atoms with Crippen molar-refractivity contribution in [1.82, 2.24) is 0 Å². The second kappa shape index (κ2) is 5.16. The van der Waals surface area contributed by atoms with Gasteiger partial charge in [-0.1, -0.05) is 48.5 Å². The van der Waals surface area contributed by atoms with E-state index in [4.69, 9.17) is 5.11 Å². The fourth-order valence-corrected chi connectivity index (χ4v) is 1.73. The van der Waals surface area contributed by atoms with Gasteiger partial charge in [-0.2, -0.15) is 0 Å². The molecule has 0 radical (unpaired) electrons. The molecule has 3 heteroatoms. The number of rotatable bonds is 3. The summed E-state index contributed by atoms with van der Waals surface area (Å²) in [5.74, 6) is 0. The number of nitrogens with one attached hydrogen (secondary N) is 1. The second-order valence-corrected chi connectivity index (χ2v) is 3.75. The average molecular weight is 228 g/mol. The molecule has 1 amide bonds. The molecule has 0 aliphatic carbocycles. The van der Waals surface area contributed by atoms with E-state index in [-0.39, 0.29) is 1.43 Å². The van der Waals surface area contributed by atoms with Crippen molar-refractivity contribution in [1.29, 1.82) is 0 Å². The maximum atomic E-state index is 10.7. The molecule has 0 atom stereocenters. The average Bonchev–Trinajstić information content (AvgIpc) is 2.32. The molecule has 3 nitrogen and oxygen atoms in total. The zero-order valence-electron chi connectivity index (χ0n) is 10.3. The quantitative estimate of drug-likeness (QED) is 0.844. The van der Waals surface area contributed by atoms with Crippen LogP contribution in [-0.2, 0) is 6.42 Å². The molecule has 2 N–H and O–H groups in total. The standard InChI is InChI=1S/C14H13NO2/c16-14(17)15-13-9-5-4-8-12(13)10-11-6-2-1-3-7-11/h1-9,15H,10H2,(H,16,17)/p+1. The van der Waals surface area contributed by atoms with E-state index in [1.807, 2.05) is 48.5 Å². The summed E-state index contributed by atoms with van der Waals surface area (Å²) in [7, 11) is 0. The van der Waals surface area contributed by atoms with E-state index >= 15 is 0 Å². The van der Waals surface area contributed by atoms with Crippen LogP contribution in [0.5, 0.6) is 0 Å². The smallest absolute Gasteiger partial charge is 0.465 e. The summed E-state index contributed by atoms with van der Waals surface area (Å²) < 4.78 is 0. The van der Waals surface area contributed by atoms with Gasteiger partial charge in [-0.15, -0.1) is 0 Å². The number of hydrogen-bond donors (Lipinski definition) is 2. The molecule has 86 valence electrons. The third kappa shape index (κ3) is 3.08. The lowest BCUT2D eigenvalue weighted by molar-refractivity contribution is 0.209. The third-order valence-electron chi connectivity index (χ3n) is 2.50. The minimum atomic E-state index is -1.04. The molecule has 0 aliphatic rings. The maximum absolute atomic E-state index is 10.7. The van der Waals surface area contributed by atoms with Gasteiger partial charge in [0.1, 0.15) is 0 Å². The van der Waals surface area contributed by atoms with E-state index in [9.17, 15) is 4.79 Å². The zero-order chi connectivity index (χ0) is 12.1. The predicted molar refractivity (Wildman–Crippen MR) is 68.4 cm³/mol. The molecular weight excluding hydrogens is 214 g/mol. The Hall–Kier alpha value is -2.29. The molecule has 0 saturated heterocycles. The predicted octanol–water partition coefficient (Wildman–Crippen LogP) is 3.48. The molecule has 17 heavy (non-hydrogen) atoms. The number of anilines is 1. The van der Waals surface area contributed by atoms with Gasteiger partial charge >= 0.3 is 7.52 Å². The highest BCUT2D eigenvalue weighted by Gasteiger charge is 2.04. The lowest BCUT2D eigenvalue weighted by atomic mass is 10.0. The van der Waals surface area contributed by atoms with Crippen molar-refractivity contribution in [2.75, 3.05) is 5.32 Å². The van der Waals surface area contributed by atoms with Crippen molar-refractivity contribution >= 4 is 11.8 Å². The van der Waals surface area contributed by atoms with Crippen LogP contribution in [0.25, 0.3) is 0 Å². The summed E-state index contributed by atoms with van der Waals surface area (Å²) in [5, 5.41) is 11.2. The lowest BCUT2D eigenvalue weighted by Crippen LogP contribution is -2.09. The molecule has 0 aliphatic heterocycles. The summed E-state index contributed by atoms with van der Waals surface area (Å²) in [5.41, 5.74) is 2.78. The molecule has 2 aromatic carbocycles. The first-order valence-electron chi connectivity index (χ1n) is 5.37. The molecule has 0 aromatic heterocycles. The first-order chi connectivity index (χ1) is 8.25. The van der Waals surface area contributed by atoms with Crippen molar-refractivity contribution in [2.45, 2.75) is 6.42 Å². The van der Waals surface area contributed by atoms with Gasteiger partial charge in [-0.25, -0.2) is 4.79 Å². The minimum absolute atomic E-state index is 0. The van der Waals surface area contributed by atoms with Crippen LogP contribution in [0.2, 0.25) is 0 Å². The van der Waals surface area contributed by atoms with Crippen LogP contribution in [0.4, 0.5) is 10.5 Å². The van der Waals surface area contributed by atoms with Crippen LogP contribution < -0.4 is 5.32 Å². The number of amides is 1. The zero-order valence-corrected chi connectivity index (χ0v) is 9.26. The van der Waals surface area contributed by atoms with Crippen LogP contribution >= 0.6 is 0 Å². The fourth-order valence-electron chi connectivity index (χ4n) is 1.73. The Morgan fingerprint density at radius 1 is 1.06 bits per heavy atom. The first-order valence-corrected chi connectivity index (χ1v) is 5.37. The largest absolute Gasteiger partial charge is 1.00 e. The van der Waals surface area contributed by atoms with Crippen molar-refractivity contribution < 1.29 is 11.3 Å². The van der Waals surface area contributed by atoms with E-state index < -0.39 is 6.09 Å². The molecule has 0 unspecified atom stereocenters. The van der Waals surface area contributed by atoms with Crippen LogP contribution in [0.15, 0.2) is 54.6 Å². The van der Waals surface area contributed by atoms with Gasteiger partial charge in [0.15, 0.2) is 0 Å². The summed E-state index contributed by atoms with van der Waals surface area (Å²) in [6, 6.07) is 17.4. The van der Waals surface area contributed by atoms with E-state index in [0.717, 1.165) is 17.5 Å². The molecule has 2 aromatic rings. The minimum Gasteiger partial charge on any atom is -0.465 e. The SMILES string of the molecule is O=C(O)Nc1ccccc1Cc1ccccc1.[H+]. The van der Waals surface area contributed by atoms with Crippen molar-refractivity contribution in [3.63, 3.8) is 0 Å². The van der Waals surface area contributed by atoms with Gasteiger partial charge in [0.2, 0.25) is 0 Å². The van der Waals surface area contributed by atoms with Crippen LogP contribution in [0.1, 0.15) is 12.6 Å². The maximum Gasteiger partial charge on any atom is 1.00 e. The second-order valence-electron chi connectivity index (χ2n) is 3.75. The summed E-state index contributed by atoms with van der Waals surface area (Å²) in [6.07, 6.45) is -0.317. The van der Waals surface area contributed by atoms with Gasteiger partial charge in [-0.05, 0) is 23.6 Å². The number of carboxylic acid groups (broad SMARTS) is 1. The highest BCUT2D eigenvalue weighted by Crippen LogP contribution is 2.18. The topological polar surface area (TPSA) is 49.3 Å². The van der Waals surface area contributed by atoms with Crippen LogP contribution in [0, 0.1) is 0 Å². The molecule has 0 saturated carbocycles. The summed E-state index contributed by atoms with van der Waals surface area (Å²) in [4.78, 5) is 10.7. The van der Waals surface area contributed by atoms with E-state index in [1.54, 1.807) is 6.07 Å². The van der Waals surface area contributed by atoms with E-state index in [0.29, 0.717) is 5.69 Å². The Morgan fingerprint density at radius 3 is 2.41 bits per heavy atom. The highest BCUT2D eigenvalue weighted by atomic mass is 16.4. The van der Waals surface area contributed by atoms with Crippen molar-refractivity contribution in [3.05, 3.63) is 65.7 Å². The van der Waals surface area contributed by atoms with E-state index in [2.05, 4.69) is 5.32 Å². The Bertz CT molecular complexity index is 514. The van der Waals surface area contributed by atoms with Gasteiger partial charge in [-0.3, -0.25) is 5.32 Å². The van der Waals surface area contributed by atoms with Gasteiger partial charge in [0.05, 0.1) is 0 Å². The van der Waals surface area contributed by atoms with Crippen molar-refractivity contribution in [2.24, 2.45) is 0 Å². The summed E-state index contributed by atoms with van der Waals surface area (Å²) in [6.45, 7) is 0. The molecule has 0 bridgehead atoms. The fraction of sp³-hybridized carbons (Fsp3) is 0.0714. The van der Waals surface area contributed by atoms with Gasteiger partial charge in [0.25, 0.3) is 0 Å². The molecule has 0 heterocycles. The monoisotopic (exact) mass is 228 g/mol. The Morgan fingerprint density at radius 2 is 1.71 bits per heavy atom. The third-order valence-corrected chi connectivity index (χ3v) is 2.50. The van der Waals surface area contributed by atoms with Crippen molar-refractivity contribution in [3.8, 4) is 0 Å².